The molecular formula is C26H22N2O3S3. The van der Waals surface area contributed by atoms with Gasteiger partial charge in [-0.15, -0.1) is 11.8 Å². The van der Waals surface area contributed by atoms with Crippen molar-refractivity contribution in [2.24, 2.45) is 0 Å². The van der Waals surface area contributed by atoms with Gasteiger partial charge in [-0.2, -0.15) is 0 Å². The first-order chi connectivity index (χ1) is 16.4. The van der Waals surface area contributed by atoms with Gasteiger partial charge in [-0.05, 0) is 72.8 Å². The Kier molecular flexibility index (Phi) is 7.72. The first kappa shape index (κ1) is 24.1. The topological polar surface area (TPSA) is 58.6 Å². The Morgan fingerprint density at radius 1 is 1.12 bits per heavy atom. The summed E-state index contributed by atoms with van der Waals surface area (Å²) in [6, 6.07) is 22.6. The zero-order valence-corrected chi connectivity index (χ0v) is 21.1. The van der Waals surface area contributed by atoms with Gasteiger partial charge in [-0.1, -0.05) is 54.3 Å². The molecule has 1 N–H and O–H groups in total. The fraction of sp³-hybridized carbons (Fsp3) is 0.115. The Hall–Kier alpha value is -3.07. The van der Waals surface area contributed by atoms with Crippen molar-refractivity contribution in [1.82, 2.24) is 0 Å². The van der Waals surface area contributed by atoms with Crippen LogP contribution < -0.4 is 15.0 Å². The molecule has 3 aromatic rings. The molecule has 2 amide bonds. The average molecular weight is 507 g/mol. The van der Waals surface area contributed by atoms with E-state index < -0.39 is 0 Å². The van der Waals surface area contributed by atoms with Crippen molar-refractivity contribution in [3.8, 4) is 5.75 Å². The number of carbonyl (C=O) groups is 2. The summed E-state index contributed by atoms with van der Waals surface area (Å²) in [5.74, 6) is 0.197. The summed E-state index contributed by atoms with van der Waals surface area (Å²) in [5, 5.41) is 2.81. The minimum absolute atomic E-state index is 0.0962. The Bertz CT molecular complexity index is 1270. The lowest BCUT2D eigenvalue weighted by molar-refractivity contribution is -0.118. The number of carbonyl (C=O) groups excluding carboxylic acids is 2. The molecule has 1 heterocycles. The maximum atomic E-state index is 13.0. The first-order valence-corrected chi connectivity index (χ1v) is 12.9. The Morgan fingerprint density at radius 2 is 1.88 bits per heavy atom. The second kappa shape index (κ2) is 10.9. The van der Waals surface area contributed by atoms with Gasteiger partial charge in [0.1, 0.15) is 5.75 Å². The van der Waals surface area contributed by atoms with Crippen molar-refractivity contribution < 1.29 is 14.3 Å². The van der Waals surface area contributed by atoms with Gasteiger partial charge >= 0.3 is 0 Å². The largest absolute Gasteiger partial charge is 0.484 e. The predicted octanol–water partition coefficient (Wildman–Crippen LogP) is 6.14. The lowest BCUT2D eigenvalue weighted by Crippen LogP contribution is -2.27. The highest BCUT2D eigenvalue weighted by molar-refractivity contribution is 8.27. The zero-order valence-electron chi connectivity index (χ0n) is 18.6. The van der Waals surface area contributed by atoms with E-state index in [4.69, 9.17) is 17.0 Å². The molecule has 5 nitrogen and oxygen atoms in total. The Labute approximate surface area is 212 Å². The van der Waals surface area contributed by atoms with Crippen LogP contribution in [0.1, 0.15) is 11.1 Å². The highest BCUT2D eigenvalue weighted by Crippen LogP contribution is 2.37. The molecule has 0 bridgehead atoms. The molecule has 4 rings (SSSR count). The zero-order chi connectivity index (χ0) is 24.1. The van der Waals surface area contributed by atoms with E-state index in [-0.39, 0.29) is 18.4 Å². The number of hydrogen-bond donors (Lipinski definition) is 1. The first-order valence-electron chi connectivity index (χ1n) is 10.4. The maximum absolute atomic E-state index is 13.0. The number of thioether (sulfide) groups is 2. The minimum Gasteiger partial charge on any atom is -0.484 e. The molecule has 0 aromatic heterocycles. The maximum Gasteiger partial charge on any atom is 0.270 e. The van der Waals surface area contributed by atoms with Crippen LogP contribution in [0.2, 0.25) is 0 Å². The second-order valence-corrected chi connectivity index (χ2v) is 10.0. The molecule has 1 aliphatic rings. The van der Waals surface area contributed by atoms with Crippen molar-refractivity contribution in [2.75, 3.05) is 23.1 Å². The molecule has 0 radical (unpaired) electrons. The number of ether oxygens (including phenoxy) is 1. The molecule has 34 heavy (non-hydrogen) atoms. The van der Waals surface area contributed by atoms with Gasteiger partial charge in [0, 0.05) is 10.6 Å². The van der Waals surface area contributed by atoms with Gasteiger partial charge < -0.3 is 10.1 Å². The lowest BCUT2D eigenvalue weighted by atomic mass is 10.2. The number of thiocarbonyl (C=S) groups is 1. The van der Waals surface area contributed by atoms with Crippen molar-refractivity contribution in [2.45, 2.75) is 11.8 Å². The SMILES string of the molecule is CSc1cccc(N2C(=O)/C(=C\c3ccc(OCC(=O)Nc4cccc(C)c4)cc3)SC2=S)c1. The predicted molar refractivity (Wildman–Crippen MR) is 146 cm³/mol. The summed E-state index contributed by atoms with van der Waals surface area (Å²) in [6.45, 7) is 1.87. The van der Waals surface area contributed by atoms with Crippen LogP contribution in [-0.4, -0.2) is 29.0 Å². The summed E-state index contributed by atoms with van der Waals surface area (Å²) in [5.41, 5.74) is 3.42. The number of anilines is 2. The van der Waals surface area contributed by atoms with Gasteiger partial charge in [0.2, 0.25) is 0 Å². The van der Waals surface area contributed by atoms with Gasteiger partial charge in [0.15, 0.2) is 10.9 Å². The number of hydrogen-bond acceptors (Lipinski definition) is 6. The molecule has 0 saturated carbocycles. The van der Waals surface area contributed by atoms with Crippen LogP contribution in [0.15, 0.2) is 82.6 Å². The molecule has 1 aliphatic heterocycles. The van der Waals surface area contributed by atoms with Gasteiger partial charge in [-0.3, -0.25) is 14.5 Å². The van der Waals surface area contributed by atoms with Gasteiger partial charge in [0.05, 0.1) is 10.6 Å². The van der Waals surface area contributed by atoms with Crippen LogP contribution in [0, 0.1) is 6.92 Å². The number of benzene rings is 3. The monoisotopic (exact) mass is 506 g/mol. The third kappa shape index (κ3) is 5.88. The van der Waals surface area contributed by atoms with E-state index in [1.807, 2.05) is 79.9 Å². The molecule has 172 valence electrons. The third-order valence-electron chi connectivity index (χ3n) is 4.95. The molecule has 0 aliphatic carbocycles. The van der Waals surface area contributed by atoms with Crippen LogP contribution in [0.4, 0.5) is 11.4 Å². The number of aryl methyl sites for hydroxylation is 1. The smallest absolute Gasteiger partial charge is 0.270 e. The average Bonchev–Trinajstić information content (AvgIpc) is 3.11. The van der Waals surface area contributed by atoms with Crippen LogP contribution in [0.5, 0.6) is 5.75 Å². The van der Waals surface area contributed by atoms with Crippen LogP contribution >= 0.6 is 35.7 Å². The lowest BCUT2D eigenvalue weighted by Gasteiger charge is -2.15. The second-order valence-electron chi connectivity index (χ2n) is 7.49. The van der Waals surface area contributed by atoms with E-state index in [1.54, 1.807) is 28.8 Å². The van der Waals surface area contributed by atoms with Crippen molar-refractivity contribution >= 4 is 69.3 Å². The van der Waals surface area contributed by atoms with E-state index in [0.717, 1.165) is 27.4 Å². The van der Waals surface area contributed by atoms with Crippen LogP contribution in [0.25, 0.3) is 6.08 Å². The molecule has 0 spiro atoms. The number of amides is 2. The molecule has 1 saturated heterocycles. The fourth-order valence-corrected chi connectivity index (χ4v) is 5.07. The van der Waals surface area contributed by atoms with E-state index in [2.05, 4.69) is 5.32 Å². The van der Waals surface area contributed by atoms with E-state index in [9.17, 15) is 9.59 Å². The van der Waals surface area contributed by atoms with Crippen molar-refractivity contribution in [1.29, 1.82) is 0 Å². The summed E-state index contributed by atoms with van der Waals surface area (Å²) >= 11 is 8.37. The Morgan fingerprint density at radius 3 is 2.62 bits per heavy atom. The summed E-state index contributed by atoms with van der Waals surface area (Å²) < 4.78 is 6.10. The minimum atomic E-state index is -0.233. The number of rotatable bonds is 7. The van der Waals surface area contributed by atoms with Crippen LogP contribution in [0.3, 0.4) is 0 Å². The normalized spacial score (nSPS) is 14.5. The summed E-state index contributed by atoms with van der Waals surface area (Å²) in [7, 11) is 0. The quantitative estimate of drug-likeness (QED) is 0.236. The van der Waals surface area contributed by atoms with E-state index in [0.29, 0.717) is 15.0 Å². The van der Waals surface area contributed by atoms with E-state index in [1.165, 1.54) is 11.8 Å². The standard InChI is InChI=1S/C26H22N2O3S3/c1-17-5-3-6-19(13-17)27-24(29)16-31-21-11-9-18(10-12-21)14-23-25(30)28(26(32)34-23)20-7-4-8-22(15-20)33-2/h3-15H,16H2,1-2H3,(H,27,29)/b23-14+. The Balaban J connectivity index is 1.38. The molecule has 0 unspecified atom stereocenters. The fourth-order valence-electron chi connectivity index (χ4n) is 3.32. The summed E-state index contributed by atoms with van der Waals surface area (Å²) in [6.07, 6.45) is 3.80. The van der Waals surface area contributed by atoms with Crippen molar-refractivity contribution in [3.05, 3.63) is 88.8 Å². The molecular weight excluding hydrogens is 484 g/mol. The molecule has 0 atom stereocenters. The summed E-state index contributed by atoms with van der Waals surface area (Å²) in [4.78, 5) is 28.3. The van der Waals surface area contributed by atoms with Crippen LogP contribution in [-0.2, 0) is 9.59 Å². The molecule has 1 fully saturated rings. The van der Waals surface area contributed by atoms with Crippen molar-refractivity contribution in [3.63, 3.8) is 0 Å². The highest BCUT2D eigenvalue weighted by atomic mass is 32.2. The highest BCUT2D eigenvalue weighted by Gasteiger charge is 2.33. The number of nitrogens with zero attached hydrogens (tertiary/aromatic N) is 1. The van der Waals surface area contributed by atoms with Gasteiger partial charge in [0.25, 0.3) is 11.8 Å². The van der Waals surface area contributed by atoms with Gasteiger partial charge in [-0.25, -0.2) is 0 Å². The molecule has 3 aromatic carbocycles. The third-order valence-corrected chi connectivity index (χ3v) is 6.98. The molecule has 8 heteroatoms. The van der Waals surface area contributed by atoms with E-state index >= 15 is 0 Å². The number of nitrogens with one attached hydrogen (secondary N) is 1.